The van der Waals surface area contributed by atoms with Gasteiger partial charge in [0.25, 0.3) is 0 Å². The van der Waals surface area contributed by atoms with Crippen LogP contribution in [0.3, 0.4) is 0 Å². The van der Waals surface area contributed by atoms with Crippen molar-refractivity contribution in [3.63, 3.8) is 0 Å². The number of hydrogen-bond donors (Lipinski definition) is 1. The van der Waals surface area contributed by atoms with Gasteiger partial charge < -0.3 is 5.32 Å². The van der Waals surface area contributed by atoms with E-state index in [1.807, 2.05) is 0 Å². The minimum atomic E-state index is 0.603. The number of aryl methyl sites for hydroxylation is 3. The summed E-state index contributed by atoms with van der Waals surface area (Å²) in [6.07, 6.45) is 3.64. The molecule has 0 aromatic heterocycles. The highest BCUT2D eigenvalue weighted by atomic mass is 32.2. The molecule has 0 aliphatic rings. The van der Waals surface area contributed by atoms with Crippen molar-refractivity contribution in [1.82, 2.24) is 5.32 Å². The van der Waals surface area contributed by atoms with Gasteiger partial charge in [0.05, 0.1) is 0 Å². The second-order valence-corrected chi connectivity index (χ2v) is 6.96. The lowest BCUT2D eigenvalue weighted by atomic mass is 9.95. The molecule has 0 aliphatic carbocycles. The van der Waals surface area contributed by atoms with Crippen molar-refractivity contribution in [2.75, 3.05) is 18.1 Å². The van der Waals surface area contributed by atoms with E-state index in [1.54, 1.807) is 5.56 Å². The van der Waals surface area contributed by atoms with Crippen molar-refractivity contribution in [2.24, 2.45) is 0 Å². The summed E-state index contributed by atoms with van der Waals surface area (Å²) in [5.74, 6) is 2.50. The van der Waals surface area contributed by atoms with Gasteiger partial charge in [0.1, 0.15) is 0 Å². The average molecular weight is 294 g/mol. The Bertz CT molecular complexity index is 377. The van der Waals surface area contributed by atoms with E-state index in [-0.39, 0.29) is 0 Å². The van der Waals surface area contributed by atoms with Crippen LogP contribution in [0, 0.1) is 20.8 Å². The predicted octanol–water partition coefficient (Wildman–Crippen LogP) is 4.67. The second kappa shape index (κ2) is 9.46. The molecule has 1 unspecified atom stereocenters. The SMILES string of the molecule is CCCNC(CSCCC)Cc1c(C)cc(C)cc1C. The minimum Gasteiger partial charge on any atom is -0.313 e. The van der Waals surface area contributed by atoms with Gasteiger partial charge in [-0.3, -0.25) is 0 Å². The summed E-state index contributed by atoms with van der Waals surface area (Å²) < 4.78 is 0. The van der Waals surface area contributed by atoms with E-state index in [2.05, 4.69) is 63.8 Å². The van der Waals surface area contributed by atoms with Crippen molar-refractivity contribution in [1.29, 1.82) is 0 Å². The molecule has 1 aromatic rings. The Balaban J connectivity index is 2.72. The lowest BCUT2D eigenvalue weighted by Gasteiger charge is -2.21. The summed E-state index contributed by atoms with van der Waals surface area (Å²) in [4.78, 5) is 0. The van der Waals surface area contributed by atoms with Gasteiger partial charge in [-0.25, -0.2) is 0 Å². The molecule has 1 atom stereocenters. The maximum absolute atomic E-state index is 3.73. The largest absolute Gasteiger partial charge is 0.313 e. The molecule has 1 nitrogen and oxygen atoms in total. The lowest BCUT2D eigenvalue weighted by molar-refractivity contribution is 0.548. The Morgan fingerprint density at radius 1 is 1.05 bits per heavy atom. The van der Waals surface area contributed by atoms with Crippen LogP contribution < -0.4 is 5.32 Å². The Morgan fingerprint density at radius 2 is 1.70 bits per heavy atom. The Morgan fingerprint density at radius 3 is 2.25 bits per heavy atom. The predicted molar refractivity (Wildman–Crippen MR) is 94.1 cm³/mol. The lowest BCUT2D eigenvalue weighted by Crippen LogP contribution is -2.34. The maximum atomic E-state index is 3.73. The van der Waals surface area contributed by atoms with Gasteiger partial charge in [-0.15, -0.1) is 0 Å². The molecular formula is C18H31NS. The van der Waals surface area contributed by atoms with Crippen molar-refractivity contribution in [2.45, 2.75) is 59.9 Å². The summed E-state index contributed by atoms with van der Waals surface area (Å²) >= 11 is 2.08. The summed E-state index contributed by atoms with van der Waals surface area (Å²) in [6, 6.07) is 5.24. The first-order chi connectivity index (χ1) is 9.58. The van der Waals surface area contributed by atoms with Crippen LogP contribution in [0.2, 0.25) is 0 Å². The standard InChI is InChI=1S/C18H31NS/c1-6-8-19-17(13-20-9-7-2)12-18-15(4)10-14(3)11-16(18)5/h10-11,17,19H,6-9,12-13H2,1-5H3. The Kier molecular flexibility index (Phi) is 8.32. The minimum absolute atomic E-state index is 0.603. The molecule has 114 valence electrons. The van der Waals surface area contributed by atoms with E-state index >= 15 is 0 Å². The average Bonchev–Trinajstić information content (AvgIpc) is 2.39. The third kappa shape index (κ3) is 5.88. The summed E-state index contributed by atoms with van der Waals surface area (Å²) in [7, 11) is 0. The topological polar surface area (TPSA) is 12.0 Å². The fourth-order valence-electron chi connectivity index (χ4n) is 2.69. The smallest absolute Gasteiger partial charge is 0.0198 e. The molecule has 1 N–H and O–H groups in total. The van der Waals surface area contributed by atoms with Crippen LogP contribution in [0.25, 0.3) is 0 Å². The first-order valence-corrected chi connectivity index (χ1v) is 9.11. The highest BCUT2D eigenvalue weighted by molar-refractivity contribution is 7.99. The monoisotopic (exact) mass is 293 g/mol. The zero-order valence-electron chi connectivity index (χ0n) is 13.9. The van der Waals surface area contributed by atoms with Gasteiger partial charge >= 0.3 is 0 Å². The van der Waals surface area contributed by atoms with E-state index in [9.17, 15) is 0 Å². The first-order valence-electron chi connectivity index (χ1n) is 7.96. The number of nitrogens with one attached hydrogen (secondary N) is 1. The zero-order valence-corrected chi connectivity index (χ0v) is 14.7. The van der Waals surface area contributed by atoms with Gasteiger partial charge in [0.2, 0.25) is 0 Å². The third-order valence-electron chi connectivity index (χ3n) is 3.64. The Hall–Kier alpha value is -0.470. The second-order valence-electron chi connectivity index (χ2n) is 5.81. The molecule has 2 heteroatoms. The normalized spacial score (nSPS) is 12.7. The van der Waals surface area contributed by atoms with Crippen LogP contribution in [-0.2, 0) is 6.42 Å². The molecule has 0 bridgehead atoms. The quantitative estimate of drug-likeness (QED) is 0.664. The number of rotatable bonds is 9. The van der Waals surface area contributed by atoms with Crippen LogP contribution in [0.4, 0.5) is 0 Å². The highest BCUT2D eigenvalue weighted by Crippen LogP contribution is 2.19. The fourth-order valence-corrected chi connectivity index (χ4v) is 3.66. The van der Waals surface area contributed by atoms with E-state index in [4.69, 9.17) is 0 Å². The summed E-state index contributed by atoms with van der Waals surface area (Å²) in [6.45, 7) is 12.3. The fraction of sp³-hybridized carbons (Fsp3) is 0.667. The highest BCUT2D eigenvalue weighted by Gasteiger charge is 2.12. The number of thioether (sulfide) groups is 1. The van der Waals surface area contributed by atoms with Crippen LogP contribution in [0.5, 0.6) is 0 Å². The van der Waals surface area contributed by atoms with E-state index in [0.29, 0.717) is 6.04 Å². The molecule has 0 radical (unpaired) electrons. The molecule has 0 fully saturated rings. The van der Waals surface area contributed by atoms with Crippen LogP contribution in [-0.4, -0.2) is 24.1 Å². The zero-order chi connectivity index (χ0) is 15.0. The molecule has 0 saturated heterocycles. The molecule has 1 rings (SSSR count). The molecule has 20 heavy (non-hydrogen) atoms. The van der Waals surface area contributed by atoms with Gasteiger partial charge in [0.15, 0.2) is 0 Å². The summed E-state index contributed by atoms with van der Waals surface area (Å²) in [5.41, 5.74) is 5.82. The molecule has 0 spiro atoms. The van der Waals surface area contributed by atoms with Gasteiger partial charge in [-0.1, -0.05) is 31.5 Å². The maximum Gasteiger partial charge on any atom is 0.0198 e. The number of benzene rings is 1. The summed E-state index contributed by atoms with van der Waals surface area (Å²) in [5, 5.41) is 3.73. The molecular weight excluding hydrogens is 262 g/mol. The van der Waals surface area contributed by atoms with Gasteiger partial charge in [-0.05, 0) is 69.0 Å². The van der Waals surface area contributed by atoms with Crippen molar-refractivity contribution in [3.8, 4) is 0 Å². The molecule has 0 amide bonds. The van der Waals surface area contributed by atoms with Crippen LogP contribution in [0.1, 0.15) is 48.9 Å². The Labute approximate surface area is 129 Å². The van der Waals surface area contributed by atoms with E-state index in [1.165, 1.54) is 41.0 Å². The van der Waals surface area contributed by atoms with E-state index < -0.39 is 0 Å². The van der Waals surface area contributed by atoms with E-state index in [0.717, 1.165) is 13.0 Å². The molecule has 0 heterocycles. The molecule has 0 saturated carbocycles. The van der Waals surface area contributed by atoms with Crippen molar-refractivity contribution >= 4 is 11.8 Å². The van der Waals surface area contributed by atoms with Crippen LogP contribution in [0.15, 0.2) is 12.1 Å². The van der Waals surface area contributed by atoms with Crippen molar-refractivity contribution in [3.05, 3.63) is 34.4 Å². The molecule has 0 aliphatic heterocycles. The van der Waals surface area contributed by atoms with Crippen LogP contribution >= 0.6 is 11.8 Å². The third-order valence-corrected chi connectivity index (χ3v) is 4.98. The van der Waals surface area contributed by atoms with Gasteiger partial charge in [-0.2, -0.15) is 11.8 Å². The van der Waals surface area contributed by atoms with Gasteiger partial charge in [0, 0.05) is 11.8 Å². The molecule has 1 aromatic carbocycles. The first kappa shape index (κ1) is 17.6. The van der Waals surface area contributed by atoms with Crippen molar-refractivity contribution < 1.29 is 0 Å². The number of hydrogen-bond acceptors (Lipinski definition) is 2.